The normalized spacial score (nSPS) is 11.4. The van der Waals surface area contributed by atoms with Crippen molar-refractivity contribution in [3.63, 3.8) is 0 Å². The Labute approximate surface area is 108 Å². The highest BCUT2D eigenvalue weighted by atomic mass is 35.5. The minimum Gasteiger partial charge on any atom is -0.360 e. The van der Waals surface area contributed by atoms with Gasteiger partial charge in [-0.3, -0.25) is 0 Å². The van der Waals surface area contributed by atoms with Crippen LogP contribution < -0.4 is 4.18 Å². The average molecular weight is 292 g/mol. The summed E-state index contributed by atoms with van der Waals surface area (Å²) in [6.45, 7) is 0. The second-order valence-electron chi connectivity index (χ2n) is 3.15. The maximum absolute atomic E-state index is 11.9. The molecule has 0 amide bonds. The molecule has 0 saturated heterocycles. The summed E-state index contributed by atoms with van der Waals surface area (Å²) >= 11 is 11.5. The Kier molecular flexibility index (Phi) is 3.33. The molecular formula is C10H7Cl2NO3S. The number of H-pyrrole nitrogens is 1. The number of aromatic nitrogens is 1. The zero-order chi connectivity index (χ0) is 12.5. The van der Waals surface area contributed by atoms with E-state index in [0.29, 0.717) is 0 Å². The number of hydrogen-bond donors (Lipinski definition) is 1. The predicted octanol–water partition coefficient (Wildman–Crippen LogP) is 3.09. The number of hydrogen-bond acceptors (Lipinski definition) is 3. The van der Waals surface area contributed by atoms with Crippen LogP contribution >= 0.6 is 23.2 Å². The van der Waals surface area contributed by atoms with Crippen LogP contribution in [0.25, 0.3) is 0 Å². The summed E-state index contributed by atoms with van der Waals surface area (Å²) in [4.78, 5) is 2.45. The van der Waals surface area contributed by atoms with Crippen LogP contribution in [0.15, 0.2) is 41.4 Å². The van der Waals surface area contributed by atoms with Gasteiger partial charge in [0.25, 0.3) is 0 Å². The fourth-order valence-corrected chi connectivity index (χ4v) is 2.84. The fourth-order valence-electron chi connectivity index (χ4n) is 1.20. The molecule has 0 spiro atoms. The Morgan fingerprint density at radius 1 is 1.18 bits per heavy atom. The summed E-state index contributed by atoms with van der Waals surface area (Å²) in [6, 6.07) is 7.23. The zero-order valence-corrected chi connectivity index (χ0v) is 10.7. The van der Waals surface area contributed by atoms with E-state index < -0.39 is 10.1 Å². The van der Waals surface area contributed by atoms with Crippen molar-refractivity contribution in [1.82, 2.24) is 4.98 Å². The molecule has 0 bridgehead atoms. The fraction of sp³-hybridized carbons (Fsp3) is 0. The van der Waals surface area contributed by atoms with Crippen molar-refractivity contribution in [2.45, 2.75) is 4.90 Å². The van der Waals surface area contributed by atoms with E-state index in [1.54, 1.807) is 12.3 Å². The maximum Gasteiger partial charge on any atom is 0.342 e. The van der Waals surface area contributed by atoms with Crippen LogP contribution in [0.5, 0.6) is 5.88 Å². The lowest BCUT2D eigenvalue weighted by molar-refractivity contribution is 0.478. The first kappa shape index (κ1) is 12.3. The lowest BCUT2D eigenvalue weighted by Crippen LogP contribution is -2.10. The minimum atomic E-state index is -3.98. The van der Waals surface area contributed by atoms with E-state index in [4.69, 9.17) is 27.4 Å². The van der Waals surface area contributed by atoms with Crippen molar-refractivity contribution < 1.29 is 12.6 Å². The van der Waals surface area contributed by atoms with Gasteiger partial charge in [0.15, 0.2) is 0 Å². The van der Waals surface area contributed by atoms with Crippen LogP contribution in [0.3, 0.4) is 0 Å². The molecule has 1 aromatic heterocycles. The molecular weight excluding hydrogens is 285 g/mol. The molecule has 1 aromatic carbocycles. The van der Waals surface area contributed by atoms with Gasteiger partial charge in [-0.15, -0.1) is 0 Å². The molecule has 0 fully saturated rings. The predicted molar refractivity (Wildman–Crippen MR) is 65.1 cm³/mol. The van der Waals surface area contributed by atoms with Crippen LogP contribution in [0, 0.1) is 0 Å². The van der Waals surface area contributed by atoms with E-state index in [1.807, 2.05) is 0 Å². The summed E-state index contributed by atoms with van der Waals surface area (Å²) in [5.74, 6) is 0.112. The van der Waals surface area contributed by atoms with Crippen molar-refractivity contribution in [3.8, 4) is 5.88 Å². The van der Waals surface area contributed by atoms with Crippen LogP contribution in [-0.2, 0) is 10.1 Å². The monoisotopic (exact) mass is 291 g/mol. The Balaban J connectivity index is 2.41. The molecule has 0 unspecified atom stereocenters. The quantitative estimate of drug-likeness (QED) is 0.884. The molecule has 0 radical (unpaired) electrons. The van der Waals surface area contributed by atoms with Crippen molar-refractivity contribution >= 4 is 33.3 Å². The Morgan fingerprint density at radius 3 is 2.59 bits per heavy atom. The van der Waals surface area contributed by atoms with Crippen LogP contribution in [-0.4, -0.2) is 13.4 Å². The van der Waals surface area contributed by atoms with E-state index in [1.165, 1.54) is 24.3 Å². The van der Waals surface area contributed by atoms with Crippen LogP contribution in [0.4, 0.5) is 0 Å². The van der Waals surface area contributed by atoms with Crippen molar-refractivity contribution in [3.05, 3.63) is 46.6 Å². The number of halogens is 2. The average Bonchev–Trinajstić information content (AvgIpc) is 2.73. The smallest absolute Gasteiger partial charge is 0.342 e. The molecule has 7 heteroatoms. The zero-order valence-electron chi connectivity index (χ0n) is 8.35. The highest BCUT2D eigenvalue weighted by Gasteiger charge is 2.21. The first-order valence-corrected chi connectivity index (χ1v) is 6.68. The van der Waals surface area contributed by atoms with Gasteiger partial charge in [-0.25, -0.2) is 0 Å². The molecule has 90 valence electrons. The minimum absolute atomic E-state index is 0.0564. The maximum atomic E-state index is 11.9. The first-order chi connectivity index (χ1) is 7.99. The Morgan fingerprint density at radius 2 is 1.94 bits per heavy atom. The second kappa shape index (κ2) is 4.60. The molecule has 1 N–H and O–H groups in total. The standard InChI is InChI=1S/C10H7Cl2NO3S/c11-7-3-4-8(12)9(6-7)17(14,15)16-10-2-1-5-13-10/h1-6,13H. The van der Waals surface area contributed by atoms with Gasteiger partial charge >= 0.3 is 10.1 Å². The Hall–Kier alpha value is -1.17. The number of aromatic amines is 1. The van der Waals surface area contributed by atoms with Gasteiger partial charge in [-0.2, -0.15) is 8.42 Å². The van der Waals surface area contributed by atoms with Crippen molar-refractivity contribution in [1.29, 1.82) is 0 Å². The summed E-state index contributed by atoms with van der Waals surface area (Å²) in [5, 5.41) is 0.323. The van der Waals surface area contributed by atoms with Crippen LogP contribution in [0.1, 0.15) is 0 Å². The van der Waals surface area contributed by atoms with E-state index in [-0.39, 0.29) is 20.8 Å². The van der Waals surface area contributed by atoms with Gasteiger partial charge in [-0.05, 0) is 24.3 Å². The van der Waals surface area contributed by atoms with Crippen molar-refractivity contribution in [2.24, 2.45) is 0 Å². The molecule has 0 atom stereocenters. The van der Waals surface area contributed by atoms with Gasteiger partial charge in [0, 0.05) is 17.3 Å². The molecule has 0 aliphatic carbocycles. The largest absolute Gasteiger partial charge is 0.360 e. The molecule has 4 nitrogen and oxygen atoms in total. The van der Waals surface area contributed by atoms with E-state index in [2.05, 4.69) is 4.98 Å². The Bertz CT molecular complexity index is 623. The third-order valence-electron chi connectivity index (χ3n) is 1.93. The van der Waals surface area contributed by atoms with Gasteiger partial charge in [-0.1, -0.05) is 23.2 Å². The summed E-state index contributed by atoms with van der Waals surface area (Å²) in [6.07, 6.45) is 1.55. The number of rotatable bonds is 3. The second-order valence-corrected chi connectivity index (χ2v) is 5.50. The van der Waals surface area contributed by atoms with E-state index in [9.17, 15) is 8.42 Å². The molecule has 0 saturated carbocycles. The first-order valence-electron chi connectivity index (χ1n) is 4.52. The highest BCUT2D eigenvalue weighted by Crippen LogP contribution is 2.27. The van der Waals surface area contributed by atoms with Gasteiger partial charge in [0.1, 0.15) is 4.90 Å². The number of nitrogens with one attached hydrogen (secondary N) is 1. The molecule has 2 rings (SSSR count). The summed E-state index contributed by atoms with van der Waals surface area (Å²) in [5.41, 5.74) is 0. The summed E-state index contributed by atoms with van der Waals surface area (Å²) in [7, 11) is -3.98. The lowest BCUT2D eigenvalue weighted by atomic mass is 10.4. The third-order valence-corrected chi connectivity index (χ3v) is 3.88. The van der Waals surface area contributed by atoms with E-state index in [0.717, 1.165) is 0 Å². The molecule has 1 heterocycles. The summed E-state index contributed by atoms with van der Waals surface area (Å²) < 4.78 is 28.6. The lowest BCUT2D eigenvalue weighted by Gasteiger charge is -2.06. The highest BCUT2D eigenvalue weighted by molar-refractivity contribution is 7.87. The third kappa shape index (κ3) is 2.74. The molecule has 0 aliphatic heterocycles. The van der Waals surface area contributed by atoms with Crippen LogP contribution in [0.2, 0.25) is 10.0 Å². The van der Waals surface area contributed by atoms with Gasteiger partial charge < -0.3 is 9.17 Å². The van der Waals surface area contributed by atoms with Gasteiger partial charge in [0.05, 0.1) is 5.02 Å². The topological polar surface area (TPSA) is 59.2 Å². The van der Waals surface area contributed by atoms with Crippen molar-refractivity contribution in [2.75, 3.05) is 0 Å². The molecule has 0 aliphatic rings. The molecule has 2 aromatic rings. The molecule has 17 heavy (non-hydrogen) atoms. The SMILES string of the molecule is O=S(=O)(Oc1ccc[nH]1)c1cc(Cl)ccc1Cl. The number of benzene rings is 1. The van der Waals surface area contributed by atoms with Gasteiger partial charge in [0.2, 0.25) is 5.88 Å². The van der Waals surface area contributed by atoms with E-state index >= 15 is 0 Å².